The van der Waals surface area contributed by atoms with Crippen molar-refractivity contribution in [1.82, 2.24) is 0 Å². The first-order valence-corrected chi connectivity index (χ1v) is 7.39. The van der Waals surface area contributed by atoms with Gasteiger partial charge in [-0.05, 0) is 24.3 Å². The SMILES string of the molecule is O=C(O)C(C(=O)O)C(C(=O)Oc1ccccc1)C(=O)Oc1ccccc1. The zero-order valence-corrected chi connectivity index (χ0v) is 13.3. The second-order valence-corrected chi connectivity index (χ2v) is 5.10. The number of para-hydroxylation sites is 2. The van der Waals surface area contributed by atoms with Crippen LogP contribution >= 0.6 is 0 Å². The van der Waals surface area contributed by atoms with Crippen molar-refractivity contribution in [2.24, 2.45) is 11.8 Å². The minimum absolute atomic E-state index is 0.0320. The van der Waals surface area contributed by atoms with E-state index < -0.39 is 35.7 Å². The fourth-order valence-corrected chi connectivity index (χ4v) is 2.10. The summed E-state index contributed by atoms with van der Waals surface area (Å²) in [4.78, 5) is 47.3. The number of ether oxygens (including phenoxy) is 2. The number of carbonyl (C=O) groups is 4. The molecule has 0 unspecified atom stereocenters. The Balaban J connectivity index is 2.31. The molecule has 0 amide bonds. The van der Waals surface area contributed by atoms with Crippen LogP contribution in [-0.2, 0) is 19.2 Å². The van der Waals surface area contributed by atoms with Crippen molar-refractivity contribution in [3.63, 3.8) is 0 Å². The summed E-state index contributed by atoms with van der Waals surface area (Å²) in [5.41, 5.74) is 0. The van der Waals surface area contributed by atoms with Crippen LogP contribution in [0, 0.1) is 11.8 Å². The summed E-state index contributed by atoms with van der Waals surface area (Å²) >= 11 is 0. The molecule has 8 nitrogen and oxygen atoms in total. The molecule has 2 aromatic carbocycles. The second kappa shape index (κ2) is 8.43. The summed E-state index contributed by atoms with van der Waals surface area (Å²) in [6.45, 7) is 0. The highest BCUT2D eigenvalue weighted by atomic mass is 16.6. The molecule has 26 heavy (non-hydrogen) atoms. The fourth-order valence-electron chi connectivity index (χ4n) is 2.10. The van der Waals surface area contributed by atoms with Crippen LogP contribution in [0.5, 0.6) is 11.5 Å². The number of esters is 2. The summed E-state index contributed by atoms with van der Waals surface area (Å²) < 4.78 is 9.90. The van der Waals surface area contributed by atoms with Crippen molar-refractivity contribution < 1.29 is 38.9 Å². The molecule has 8 heteroatoms. The average molecular weight is 358 g/mol. The van der Waals surface area contributed by atoms with E-state index in [2.05, 4.69) is 0 Å². The minimum Gasteiger partial charge on any atom is -0.481 e. The maximum Gasteiger partial charge on any atom is 0.327 e. The number of carboxylic acids is 2. The lowest BCUT2D eigenvalue weighted by molar-refractivity contribution is -0.169. The molecule has 0 aliphatic carbocycles. The first-order valence-electron chi connectivity index (χ1n) is 7.39. The van der Waals surface area contributed by atoms with E-state index >= 15 is 0 Å². The third-order valence-corrected chi connectivity index (χ3v) is 3.30. The zero-order chi connectivity index (χ0) is 19.1. The highest BCUT2D eigenvalue weighted by Crippen LogP contribution is 2.21. The Bertz CT molecular complexity index is 733. The molecule has 2 N–H and O–H groups in total. The molecule has 0 spiro atoms. The fraction of sp³-hybridized carbons (Fsp3) is 0.111. The standard InChI is InChI=1S/C18H14O8/c19-15(20)13(16(21)22)14(17(23)25-11-7-3-1-4-8-11)18(24)26-12-9-5-2-6-10-12/h1-10,13-14H,(H,19,20)(H,21,22). The third kappa shape index (κ3) is 4.67. The minimum atomic E-state index is -2.36. The Morgan fingerprint density at radius 3 is 1.27 bits per heavy atom. The van der Waals surface area contributed by atoms with Crippen LogP contribution in [0.2, 0.25) is 0 Å². The number of aliphatic carboxylic acids is 2. The van der Waals surface area contributed by atoms with E-state index in [9.17, 15) is 19.2 Å². The molecule has 0 saturated heterocycles. The molecule has 0 aliphatic heterocycles. The summed E-state index contributed by atoms with van der Waals surface area (Å²) in [6, 6.07) is 15.1. The van der Waals surface area contributed by atoms with E-state index in [-0.39, 0.29) is 11.5 Å². The van der Waals surface area contributed by atoms with Gasteiger partial charge < -0.3 is 19.7 Å². The van der Waals surface area contributed by atoms with Crippen LogP contribution < -0.4 is 9.47 Å². The Hall–Kier alpha value is -3.68. The van der Waals surface area contributed by atoms with Gasteiger partial charge in [0, 0.05) is 0 Å². The van der Waals surface area contributed by atoms with Gasteiger partial charge in [-0.15, -0.1) is 0 Å². The highest BCUT2D eigenvalue weighted by Gasteiger charge is 2.47. The predicted octanol–water partition coefficient (Wildman–Crippen LogP) is 1.60. The maximum absolute atomic E-state index is 12.3. The number of hydrogen-bond donors (Lipinski definition) is 2. The van der Waals surface area contributed by atoms with Gasteiger partial charge in [0.2, 0.25) is 0 Å². The van der Waals surface area contributed by atoms with E-state index in [0.29, 0.717) is 0 Å². The van der Waals surface area contributed by atoms with E-state index in [1.165, 1.54) is 24.3 Å². The zero-order valence-electron chi connectivity index (χ0n) is 13.3. The lowest BCUT2D eigenvalue weighted by atomic mass is 9.92. The summed E-state index contributed by atoms with van der Waals surface area (Å²) in [6.07, 6.45) is 0. The van der Waals surface area contributed by atoms with Crippen molar-refractivity contribution in [2.45, 2.75) is 0 Å². The van der Waals surface area contributed by atoms with Gasteiger partial charge in [-0.3, -0.25) is 19.2 Å². The largest absolute Gasteiger partial charge is 0.481 e. The number of carboxylic acid groups (broad SMARTS) is 2. The average Bonchev–Trinajstić information content (AvgIpc) is 2.60. The molecule has 2 rings (SSSR count). The number of benzene rings is 2. The molecule has 0 aromatic heterocycles. The molecule has 0 saturated carbocycles. The molecule has 0 bridgehead atoms. The topological polar surface area (TPSA) is 127 Å². The van der Waals surface area contributed by atoms with E-state index in [1.54, 1.807) is 36.4 Å². The molecular formula is C18H14O8. The predicted molar refractivity (Wildman–Crippen MR) is 86.4 cm³/mol. The second-order valence-electron chi connectivity index (χ2n) is 5.10. The maximum atomic E-state index is 12.3. The molecule has 2 aromatic rings. The van der Waals surface area contributed by atoms with Gasteiger partial charge in [0.1, 0.15) is 11.5 Å². The number of hydrogen-bond acceptors (Lipinski definition) is 6. The Morgan fingerprint density at radius 2 is 0.962 bits per heavy atom. The molecule has 0 heterocycles. The van der Waals surface area contributed by atoms with Crippen LogP contribution in [0.25, 0.3) is 0 Å². The third-order valence-electron chi connectivity index (χ3n) is 3.30. The Labute approximate surface area is 147 Å². The van der Waals surface area contributed by atoms with Gasteiger partial charge in [-0.1, -0.05) is 36.4 Å². The van der Waals surface area contributed by atoms with Crippen molar-refractivity contribution in [2.75, 3.05) is 0 Å². The van der Waals surface area contributed by atoms with Gasteiger partial charge in [-0.25, -0.2) is 0 Å². The molecule has 0 aliphatic rings. The molecule has 0 radical (unpaired) electrons. The van der Waals surface area contributed by atoms with Crippen molar-refractivity contribution >= 4 is 23.9 Å². The number of rotatable bonds is 7. The van der Waals surface area contributed by atoms with Gasteiger partial charge in [0.05, 0.1) is 0 Å². The summed E-state index contributed by atoms with van der Waals surface area (Å²) in [5, 5.41) is 18.3. The smallest absolute Gasteiger partial charge is 0.327 e. The van der Waals surface area contributed by atoms with Crippen molar-refractivity contribution in [3.8, 4) is 11.5 Å². The van der Waals surface area contributed by atoms with Gasteiger partial charge >= 0.3 is 23.9 Å². The summed E-state index contributed by atoms with van der Waals surface area (Å²) in [5.74, 6) is -10.9. The lowest BCUT2D eigenvalue weighted by Crippen LogP contribution is -2.44. The van der Waals surface area contributed by atoms with E-state index in [0.717, 1.165) is 0 Å². The van der Waals surface area contributed by atoms with Crippen LogP contribution in [0.15, 0.2) is 60.7 Å². The molecular weight excluding hydrogens is 344 g/mol. The van der Waals surface area contributed by atoms with Crippen LogP contribution in [0.4, 0.5) is 0 Å². The molecule has 0 atom stereocenters. The monoisotopic (exact) mass is 358 g/mol. The first-order chi connectivity index (χ1) is 12.4. The van der Waals surface area contributed by atoms with Gasteiger partial charge in [0.25, 0.3) is 0 Å². The lowest BCUT2D eigenvalue weighted by Gasteiger charge is -2.18. The van der Waals surface area contributed by atoms with Crippen molar-refractivity contribution in [1.29, 1.82) is 0 Å². The Morgan fingerprint density at radius 1 is 0.615 bits per heavy atom. The van der Waals surface area contributed by atoms with Crippen LogP contribution in [0.1, 0.15) is 0 Å². The Kier molecular flexibility index (Phi) is 6.05. The summed E-state index contributed by atoms with van der Waals surface area (Å²) in [7, 11) is 0. The van der Waals surface area contributed by atoms with Crippen LogP contribution in [0.3, 0.4) is 0 Å². The van der Waals surface area contributed by atoms with E-state index in [4.69, 9.17) is 19.7 Å². The first kappa shape index (κ1) is 18.7. The quantitative estimate of drug-likeness (QED) is 0.434. The molecule has 0 fully saturated rings. The van der Waals surface area contributed by atoms with E-state index in [1.807, 2.05) is 0 Å². The highest BCUT2D eigenvalue weighted by molar-refractivity contribution is 6.07. The van der Waals surface area contributed by atoms with Gasteiger partial charge in [0.15, 0.2) is 11.8 Å². The molecule has 134 valence electrons. The number of carbonyl (C=O) groups excluding carboxylic acids is 2. The van der Waals surface area contributed by atoms with Crippen LogP contribution in [-0.4, -0.2) is 34.1 Å². The normalized spacial score (nSPS) is 10.4. The van der Waals surface area contributed by atoms with Gasteiger partial charge in [-0.2, -0.15) is 0 Å². The van der Waals surface area contributed by atoms with Crippen molar-refractivity contribution in [3.05, 3.63) is 60.7 Å².